The summed E-state index contributed by atoms with van der Waals surface area (Å²) in [5.41, 5.74) is 0. The fourth-order valence-electron chi connectivity index (χ4n) is 0.695. The standard InChI is InChI=1S/C9H17NO3/c1-2-3-7-13-8-5-4-6-10-9(11)12/h4-5,10H,2-3,6-8H2,1H3,(H,11,12). The second-order valence-corrected chi connectivity index (χ2v) is 2.59. The van der Waals surface area contributed by atoms with Crippen LogP contribution in [0.1, 0.15) is 19.8 Å². The fraction of sp³-hybridized carbons (Fsp3) is 0.667. The third-order valence-corrected chi connectivity index (χ3v) is 1.39. The lowest BCUT2D eigenvalue weighted by Crippen LogP contribution is -2.20. The molecule has 0 saturated heterocycles. The highest BCUT2D eigenvalue weighted by Crippen LogP contribution is 1.87. The lowest BCUT2D eigenvalue weighted by Gasteiger charge is -1.97. The van der Waals surface area contributed by atoms with Crippen LogP contribution in [0.15, 0.2) is 12.2 Å². The minimum absolute atomic E-state index is 0.340. The molecule has 0 saturated carbocycles. The molecule has 76 valence electrons. The molecule has 0 bridgehead atoms. The second-order valence-electron chi connectivity index (χ2n) is 2.59. The van der Waals surface area contributed by atoms with E-state index in [9.17, 15) is 4.79 Å². The number of rotatable bonds is 7. The average Bonchev–Trinajstić information content (AvgIpc) is 2.09. The van der Waals surface area contributed by atoms with Crippen molar-refractivity contribution in [2.24, 2.45) is 0 Å². The van der Waals surface area contributed by atoms with E-state index < -0.39 is 6.09 Å². The molecule has 0 atom stereocenters. The Morgan fingerprint density at radius 1 is 1.54 bits per heavy atom. The van der Waals surface area contributed by atoms with Crippen LogP contribution in [0.5, 0.6) is 0 Å². The smallest absolute Gasteiger partial charge is 0.404 e. The molecule has 0 aromatic heterocycles. The molecule has 0 rings (SSSR count). The molecule has 0 aliphatic carbocycles. The van der Waals surface area contributed by atoms with Gasteiger partial charge in [-0.05, 0) is 6.42 Å². The van der Waals surface area contributed by atoms with E-state index in [2.05, 4.69) is 12.2 Å². The highest BCUT2D eigenvalue weighted by molar-refractivity contribution is 5.64. The van der Waals surface area contributed by atoms with Crippen LogP contribution in [-0.2, 0) is 4.74 Å². The van der Waals surface area contributed by atoms with Crippen molar-refractivity contribution in [1.82, 2.24) is 5.32 Å². The Labute approximate surface area is 78.6 Å². The van der Waals surface area contributed by atoms with E-state index in [0.717, 1.165) is 19.4 Å². The molecule has 13 heavy (non-hydrogen) atoms. The summed E-state index contributed by atoms with van der Waals surface area (Å²) in [5, 5.41) is 10.4. The number of carbonyl (C=O) groups is 1. The van der Waals surface area contributed by atoms with Gasteiger partial charge in [0.25, 0.3) is 0 Å². The van der Waals surface area contributed by atoms with E-state index in [4.69, 9.17) is 9.84 Å². The van der Waals surface area contributed by atoms with Crippen LogP contribution in [0.4, 0.5) is 4.79 Å². The average molecular weight is 187 g/mol. The van der Waals surface area contributed by atoms with Crippen LogP contribution in [0.25, 0.3) is 0 Å². The number of carboxylic acid groups (broad SMARTS) is 1. The summed E-state index contributed by atoms with van der Waals surface area (Å²) < 4.78 is 5.22. The summed E-state index contributed by atoms with van der Waals surface area (Å²) in [4.78, 5) is 10.00. The van der Waals surface area contributed by atoms with Gasteiger partial charge in [-0.25, -0.2) is 4.79 Å². The van der Waals surface area contributed by atoms with Crippen molar-refractivity contribution in [3.8, 4) is 0 Å². The molecule has 0 radical (unpaired) electrons. The lowest BCUT2D eigenvalue weighted by atomic mass is 10.4. The molecule has 4 nitrogen and oxygen atoms in total. The first-order valence-corrected chi connectivity index (χ1v) is 4.47. The third-order valence-electron chi connectivity index (χ3n) is 1.39. The van der Waals surface area contributed by atoms with Crippen molar-refractivity contribution in [3.63, 3.8) is 0 Å². The van der Waals surface area contributed by atoms with Gasteiger partial charge in [-0.3, -0.25) is 0 Å². The summed E-state index contributed by atoms with van der Waals surface area (Å²) in [7, 11) is 0. The van der Waals surface area contributed by atoms with Crippen molar-refractivity contribution in [2.45, 2.75) is 19.8 Å². The number of hydrogen-bond donors (Lipinski definition) is 2. The summed E-state index contributed by atoms with van der Waals surface area (Å²) in [6.07, 6.45) is 4.74. The number of unbranched alkanes of at least 4 members (excludes halogenated alkanes) is 1. The molecule has 0 aromatic carbocycles. The van der Waals surface area contributed by atoms with Crippen LogP contribution in [0.3, 0.4) is 0 Å². The number of nitrogens with one attached hydrogen (secondary N) is 1. The Bertz CT molecular complexity index is 157. The summed E-state index contributed by atoms with van der Waals surface area (Å²) >= 11 is 0. The number of ether oxygens (including phenoxy) is 1. The van der Waals surface area contributed by atoms with E-state index in [-0.39, 0.29) is 0 Å². The first-order chi connectivity index (χ1) is 6.27. The Balaban J connectivity index is 3.08. The molecule has 0 heterocycles. The van der Waals surface area contributed by atoms with Crippen molar-refractivity contribution >= 4 is 6.09 Å². The monoisotopic (exact) mass is 187 g/mol. The molecular formula is C9H17NO3. The predicted octanol–water partition coefficient (Wildman–Crippen LogP) is 1.63. The normalized spacial score (nSPS) is 10.5. The largest absolute Gasteiger partial charge is 0.465 e. The zero-order valence-electron chi connectivity index (χ0n) is 7.95. The van der Waals surface area contributed by atoms with E-state index >= 15 is 0 Å². The van der Waals surface area contributed by atoms with E-state index in [0.29, 0.717) is 13.2 Å². The highest BCUT2D eigenvalue weighted by Gasteiger charge is 1.87. The summed E-state index contributed by atoms with van der Waals surface area (Å²) in [5.74, 6) is 0. The molecule has 0 aromatic rings. The Morgan fingerprint density at radius 2 is 2.31 bits per heavy atom. The van der Waals surface area contributed by atoms with Crippen molar-refractivity contribution in [3.05, 3.63) is 12.2 Å². The Kier molecular flexibility index (Phi) is 8.34. The van der Waals surface area contributed by atoms with E-state index in [1.807, 2.05) is 6.08 Å². The molecule has 0 unspecified atom stereocenters. The van der Waals surface area contributed by atoms with Gasteiger partial charge in [-0.15, -0.1) is 0 Å². The highest BCUT2D eigenvalue weighted by atomic mass is 16.5. The van der Waals surface area contributed by atoms with Crippen LogP contribution >= 0.6 is 0 Å². The van der Waals surface area contributed by atoms with Gasteiger partial charge < -0.3 is 15.2 Å². The van der Waals surface area contributed by atoms with Crippen LogP contribution < -0.4 is 5.32 Å². The first-order valence-electron chi connectivity index (χ1n) is 4.47. The molecule has 0 fully saturated rings. The summed E-state index contributed by atoms with van der Waals surface area (Å²) in [6, 6.07) is 0. The maximum absolute atomic E-state index is 10.00. The van der Waals surface area contributed by atoms with Gasteiger partial charge >= 0.3 is 6.09 Å². The lowest BCUT2D eigenvalue weighted by molar-refractivity contribution is 0.158. The van der Waals surface area contributed by atoms with E-state index in [1.54, 1.807) is 6.08 Å². The van der Waals surface area contributed by atoms with Gasteiger partial charge in [0.1, 0.15) is 0 Å². The van der Waals surface area contributed by atoms with Gasteiger partial charge in [0.15, 0.2) is 0 Å². The van der Waals surface area contributed by atoms with Crippen molar-refractivity contribution < 1.29 is 14.6 Å². The molecular weight excluding hydrogens is 170 g/mol. The predicted molar refractivity (Wildman–Crippen MR) is 50.9 cm³/mol. The maximum Gasteiger partial charge on any atom is 0.404 e. The maximum atomic E-state index is 10.00. The van der Waals surface area contributed by atoms with Gasteiger partial charge in [0.05, 0.1) is 6.61 Å². The molecule has 4 heteroatoms. The molecule has 0 spiro atoms. The topological polar surface area (TPSA) is 58.6 Å². The Morgan fingerprint density at radius 3 is 2.92 bits per heavy atom. The van der Waals surface area contributed by atoms with Gasteiger partial charge in [0, 0.05) is 13.2 Å². The molecule has 1 amide bonds. The fourth-order valence-corrected chi connectivity index (χ4v) is 0.695. The zero-order chi connectivity index (χ0) is 9.94. The van der Waals surface area contributed by atoms with Crippen molar-refractivity contribution in [2.75, 3.05) is 19.8 Å². The van der Waals surface area contributed by atoms with Gasteiger partial charge in [-0.2, -0.15) is 0 Å². The second kappa shape index (κ2) is 9.06. The van der Waals surface area contributed by atoms with Crippen LogP contribution in [-0.4, -0.2) is 31.0 Å². The zero-order valence-corrected chi connectivity index (χ0v) is 7.95. The quantitative estimate of drug-likeness (QED) is 0.470. The van der Waals surface area contributed by atoms with Crippen LogP contribution in [0, 0.1) is 0 Å². The minimum Gasteiger partial charge on any atom is -0.465 e. The number of hydrogen-bond acceptors (Lipinski definition) is 2. The van der Waals surface area contributed by atoms with Gasteiger partial charge in [0.2, 0.25) is 0 Å². The Hall–Kier alpha value is -1.03. The van der Waals surface area contributed by atoms with Gasteiger partial charge in [-0.1, -0.05) is 25.5 Å². The minimum atomic E-state index is -1.00. The van der Waals surface area contributed by atoms with Crippen molar-refractivity contribution in [1.29, 1.82) is 0 Å². The first kappa shape index (κ1) is 12.0. The third kappa shape index (κ3) is 11.0. The van der Waals surface area contributed by atoms with E-state index in [1.165, 1.54) is 0 Å². The summed E-state index contributed by atoms with van der Waals surface area (Å²) in [6.45, 7) is 3.77. The van der Waals surface area contributed by atoms with Crippen LogP contribution in [0.2, 0.25) is 0 Å². The number of amides is 1. The molecule has 0 aliphatic rings. The SMILES string of the molecule is CCCCOCC=CCNC(=O)O. The molecule has 2 N–H and O–H groups in total. The molecule has 0 aliphatic heterocycles.